The Bertz CT molecular complexity index is 949. The van der Waals surface area contributed by atoms with Crippen molar-refractivity contribution in [2.75, 3.05) is 26.2 Å². The van der Waals surface area contributed by atoms with Gasteiger partial charge < -0.3 is 9.64 Å². The van der Waals surface area contributed by atoms with E-state index in [1.165, 1.54) is 4.31 Å². The first-order valence-electron chi connectivity index (χ1n) is 9.93. The van der Waals surface area contributed by atoms with Gasteiger partial charge in [0, 0.05) is 26.2 Å². The summed E-state index contributed by atoms with van der Waals surface area (Å²) in [6.07, 6.45) is 0.204. The number of piperazine rings is 1. The summed E-state index contributed by atoms with van der Waals surface area (Å²) in [5, 5.41) is 0. The van der Waals surface area contributed by atoms with E-state index in [2.05, 4.69) is 0 Å². The van der Waals surface area contributed by atoms with Crippen LogP contribution >= 0.6 is 0 Å². The molecule has 1 atom stereocenters. The molecule has 2 aromatic carbocycles. The number of ether oxygens (including phenoxy) is 1. The molecule has 0 radical (unpaired) electrons. The topological polar surface area (TPSA) is 66.9 Å². The second kappa shape index (κ2) is 8.97. The number of para-hydroxylation sites is 1. The van der Waals surface area contributed by atoms with E-state index >= 15 is 0 Å². The molecule has 1 aliphatic rings. The predicted molar refractivity (Wildman–Crippen MR) is 112 cm³/mol. The lowest BCUT2D eigenvalue weighted by atomic mass is 10.1. The molecule has 0 aromatic heterocycles. The summed E-state index contributed by atoms with van der Waals surface area (Å²) >= 11 is 0. The van der Waals surface area contributed by atoms with Gasteiger partial charge in [0.2, 0.25) is 10.0 Å². The lowest BCUT2D eigenvalue weighted by Crippen LogP contribution is -2.53. The lowest BCUT2D eigenvalue weighted by Gasteiger charge is -2.35. The van der Waals surface area contributed by atoms with Crippen molar-refractivity contribution >= 4 is 15.9 Å². The number of hydrogen-bond acceptors (Lipinski definition) is 4. The molecular weight excluding hydrogens is 388 g/mol. The SMILES string of the molecule is CCc1ccccc1OC(C)C(=O)N1CCN(S(=O)(=O)c2ccc(C)cc2)CC1. The summed E-state index contributed by atoms with van der Waals surface area (Å²) in [4.78, 5) is 14.8. The number of benzene rings is 2. The van der Waals surface area contributed by atoms with Crippen molar-refractivity contribution in [1.82, 2.24) is 9.21 Å². The summed E-state index contributed by atoms with van der Waals surface area (Å²) in [5.41, 5.74) is 2.07. The van der Waals surface area contributed by atoms with Gasteiger partial charge in [-0.25, -0.2) is 8.42 Å². The van der Waals surface area contributed by atoms with Gasteiger partial charge >= 0.3 is 0 Å². The minimum absolute atomic E-state index is 0.122. The van der Waals surface area contributed by atoms with Crippen molar-refractivity contribution in [2.24, 2.45) is 0 Å². The lowest BCUT2D eigenvalue weighted by molar-refractivity contribution is -0.139. The van der Waals surface area contributed by atoms with Crippen LogP contribution in [-0.4, -0.2) is 55.8 Å². The summed E-state index contributed by atoms with van der Waals surface area (Å²) in [6.45, 7) is 6.97. The highest BCUT2D eigenvalue weighted by atomic mass is 32.2. The van der Waals surface area contributed by atoms with Crippen molar-refractivity contribution in [1.29, 1.82) is 0 Å². The van der Waals surface area contributed by atoms with Crippen molar-refractivity contribution in [2.45, 2.75) is 38.2 Å². The van der Waals surface area contributed by atoms with Gasteiger partial charge in [0.1, 0.15) is 5.75 Å². The Labute approximate surface area is 173 Å². The Balaban J connectivity index is 1.61. The molecule has 6 nitrogen and oxygen atoms in total. The molecule has 29 heavy (non-hydrogen) atoms. The van der Waals surface area contributed by atoms with Crippen LogP contribution in [0.3, 0.4) is 0 Å². The molecule has 0 aliphatic carbocycles. The smallest absolute Gasteiger partial charge is 0.263 e. The molecule has 1 amide bonds. The third-order valence-electron chi connectivity index (χ3n) is 5.21. The number of carbonyl (C=O) groups is 1. The van der Waals surface area contributed by atoms with Crippen LogP contribution in [0.1, 0.15) is 25.0 Å². The Morgan fingerprint density at radius 3 is 2.28 bits per heavy atom. The molecule has 7 heteroatoms. The van der Waals surface area contributed by atoms with E-state index < -0.39 is 16.1 Å². The maximum Gasteiger partial charge on any atom is 0.263 e. The van der Waals surface area contributed by atoms with Crippen LogP contribution in [0.15, 0.2) is 53.4 Å². The van der Waals surface area contributed by atoms with Gasteiger partial charge in [0.05, 0.1) is 4.90 Å². The highest BCUT2D eigenvalue weighted by Crippen LogP contribution is 2.22. The first kappa shape index (κ1) is 21.3. The van der Waals surface area contributed by atoms with Gasteiger partial charge in [-0.3, -0.25) is 4.79 Å². The molecule has 1 aliphatic heterocycles. The Hall–Kier alpha value is -2.38. The van der Waals surface area contributed by atoms with Gasteiger partial charge in [-0.1, -0.05) is 42.8 Å². The molecule has 0 saturated carbocycles. The Morgan fingerprint density at radius 1 is 1.03 bits per heavy atom. The molecule has 1 fully saturated rings. The van der Waals surface area contributed by atoms with E-state index in [4.69, 9.17) is 4.74 Å². The summed E-state index contributed by atoms with van der Waals surface area (Å²) in [7, 11) is -3.54. The van der Waals surface area contributed by atoms with Crippen molar-refractivity contribution in [3.05, 3.63) is 59.7 Å². The fourth-order valence-corrected chi connectivity index (χ4v) is 4.84. The van der Waals surface area contributed by atoms with Crippen LogP contribution in [0.4, 0.5) is 0 Å². The average Bonchev–Trinajstić information content (AvgIpc) is 2.74. The van der Waals surface area contributed by atoms with Gasteiger partial charge in [-0.15, -0.1) is 0 Å². The third kappa shape index (κ3) is 4.79. The van der Waals surface area contributed by atoms with Crippen LogP contribution in [0.25, 0.3) is 0 Å². The minimum atomic E-state index is -3.54. The fraction of sp³-hybridized carbons (Fsp3) is 0.409. The maximum absolute atomic E-state index is 12.8. The van der Waals surface area contributed by atoms with Gasteiger partial charge in [0.25, 0.3) is 5.91 Å². The van der Waals surface area contributed by atoms with Crippen molar-refractivity contribution < 1.29 is 17.9 Å². The quantitative estimate of drug-likeness (QED) is 0.726. The van der Waals surface area contributed by atoms with Crippen molar-refractivity contribution in [3.8, 4) is 5.75 Å². The zero-order valence-electron chi connectivity index (χ0n) is 17.2. The number of carbonyl (C=O) groups excluding carboxylic acids is 1. The molecule has 0 bridgehead atoms. The number of sulfonamides is 1. The van der Waals surface area contributed by atoms with Crippen LogP contribution < -0.4 is 4.74 Å². The highest BCUT2D eigenvalue weighted by Gasteiger charge is 2.32. The third-order valence-corrected chi connectivity index (χ3v) is 7.13. The second-order valence-corrected chi connectivity index (χ2v) is 9.20. The molecule has 1 unspecified atom stereocenters. The van der Waals surface area contributed by atoms with E-state index in [-0.39, 0.29) is 23.9 Å². The van der Waals surface area contributed by atoms with Crippen LogP contribution in [0, 0.1) is 6.92 Å². The van der Waals surface area contributed by atoms with E-state index in [0.717, 1.165) is 23.3 Å². The summed E-state index contributed by atoms with van der Waals surface area (Å²) in [6, 6.07) is 14.5. The van der Waals surface area contributed by atoms with Crippen LogP contribution in [0.5, 0.6) is 5.75 Å². The molecule has 0 N–H and O–H groups in total. The number of nitrogens with zero attached hydrogens (tertiary/aromatic N) is 2. The number of hydrogen-bond donors (Lipinski definition) is 0. The molecule has 1 heterocycles. The summed E-state index contributed by atoms with van der Waals surface area (Å²) in [5.74, 6) is 0.597. The molecule has 2 aromatic rings. The minimum Gasteiger partial charge on any atom is -0.481 e. The van der Waals surface area contributed by atoms with E-state index in [0.29, 0.717) is 13.1 Å². The predicted octanol–water partition coefficient (Wildman–Crippen LogP) is 2.86. The van der Waals surface area contributed by atoms with Crippen LogP contribution in [-0.2, 0) is 21.2 Å². The standard InChI is InChI=1S/C22H28N2O4S/c1-4-19-7-5-6-8-21(19)28-18(3)22(25)23-13-15-24(16-14-23)29(26,27)20-11-9-17(2)10-12-20/h5-12,18H,4,13-16H2,1-3H3. The zero-order valence-corrected chi connectivity index (χ0v) is 18.0. The molecule has 1 saturated heterocycles. The molecule has 3 rings (SSSR count). The van der Waals surface area contributed by atoms with Gasteiger partial charge in [-0.2, -0.15) is 4.31 Å². The monoisotopic (exact) mass is 416 g/mol. The number of aryl methyl sites for hydroxylation is 2. The number of amides is 1. The Kier molecular flexibility index (Phi) is 6.59. The zero-order chi connectivity index (χ0) is 21.0. The Morgan fingerprint density at radius 2 is 1.66 bits per heavy atom. The second-order valence-electron chi connectivity index (χ2n) is 7.26. The van der Waals surface area contributed by atoms with E-state index in [9.17, 15) is 13.2 Å². The van der Waals surface area contributed by atoms with Crippen molar-refractivity contribution in [3.63, 3.8) is 0 Å². The molecule has 156 valence electrons. The first-order chi connectivity index (χ1) is 13.8. The maximum atomic E-state index is 12.8. The van der Waals surface area contributed by atoms with Gasteiger partial charge in [-0.05, 0) is 44.0 Å². The fourth-order valence-electron chi connectivity index (χ4n) is 3.42. The van der Waals surface area contributed by atoms with E-state index in [1.54, 1.807) is 36.1 Å². The largest absolute Gasteiger partial charge is 0.481 e. The van der Waals surface area contributed by atoms with Crippen LogP contribution in [0.2, 0.25) is 0 Å². The first-order valence-corrected chi connectivity index (χ1v) is 11.4. The highest BCUT2D eigenvalue weighted by molar-refractivity contribution is 7.89. The molecular formula is C22H28N2O4S. The van der Waals surface area contributed by atoms with E-state index in [1.807, 2.05) is 38.1 Å². The number of rotatable bonds is 6. The molecule has 0 spiro atoms. The van der Waals surface area contributed by atoms with Gasteiger partial charge in [0.15, 0.2) is 6.10 Å². The summed E-state index contributed by atoms with van der Waals surface area (Å²) < 4.78 is 33.0. The normalized spacial score (nSPS) is 16.4. The average molecular weight is 417 g/mol.